The number of nitrogens with one attached hydrogen (secondary N) is 1. The molecule has 0 fully saturated rings. The molecule has 0 aliphatic carbocycles. The van der Waals surface area contributed by atoms with Gasteiger partial charge in [0.2, 0.25) is 6.79 Å². The Hall–Kier alpha value is -2.30. The van der Waals surface area contributed by atoms with E-state index in [-0.39, 0.29) is 42.6 Å². The van der Waals surface area contributed by atoms with Crippen molar-refractivity contribution in [3.05, 3.63) is 53.6 Å². The zero-order chi connectivity index (χ0) is 18.8. The molecule has 0 saturated carbocycles. The Bertz CT molecular complexity index is 852. The van der Waals surface area contributed by atoms with Crippen LogP contribution < -0.4 is 19.5 Å². The second-order valence-corrected chi connectivity index (χ2v) is 6.32. The van der Waals surface area contributed by atoms with Crippen LogP contribution in [0.4, 0.5) is 8.78 Å². The first-order valence-electron chi connectivity index (χ1n) is 8.54. The largest absolute Gasteiger partial charge is 0.454 e. The fourth-order valence-corrected chi connectivity index (χ4v) is 3.15. The van der Waals surface area contributed by atoms with Crippen molar-refractivity contribution >= 4 is 29.9 Å². The van der Waals surface area contributed by atoms with E-state index in [0.717, 1.165) is 5.56 Å². The maximum atomic E-state index is 12.8. The van der Waals surface area contributed by atoms with Crippen molar-refractivity contribution in [1.82, 2.24) is 10.2 Å². The predicted molar refractivity (Wildman–Crippen MR) is 111 cm³/mol. The molecule has 1 atom stereocenters. The maximum absolute atomic E-state index is 12.8. The third-order valence-electron chi connectivity index (χ3n) is 4.47. The summed E-state index contributed by atoms with van der Waals surface area (Å²) in [5.74, 6) is 1.69. The van der Waals surface area contributed by atoms with Gasteiger partial charge in [0.1, 0.15) is 5.75 Å². The van der Waals surface area contributed by atoms with Crippen LogP contribution in [0.2, 0.25) is 0 Å². The van der Waals surface area contributed by atoms with Crippen molar-refractivity contribution in [1.29, 1.82) is 0 Å². The molecule has 2 aliphatic heterocycles. The Morgan fingerprint density at radius 1 is 1.21 bits per heavy atom. The Morgan fingerprint density at radius 2 is 1.93 bits per heavy atom. The zero-order valence-electron chi connectivity index (χ0n) is 15.1. The van der Waals surface area contributed by atoms with E-state index < -0.39 is 6.61 Å². The monoisotopic (exact) mass is 503 g/mol. The number of rotatable bonds is 5. The molecule has 0 radical (unpaired) electrons. The Balaban J connectivity index is 0.00000225. The highest BCUT2D eigenvalue weighted by atomic mass is 127. The number of ether oxygens (including phenoxy) is 3. The third-order valence-corrected chi connectivity index (χ3v) is 4.47. The van der Waals surface area contributed by atoms with Gasteiger partial charge in [-0.15, -0.1) is 24.0 Å². The summed E-state index contributed by atoms with van der Waals surface area (Å²) in [4.78, 5) is 6.40. The molecule has 2 aromatic carbocycles. The van der Waals surface area contributed by atoms with E-state index in [2.05, 4.69) is 15.0 Å². The van der Waals surface area contributed by atoms with E-state index in [1.54, 1.807) is 6.07 Å². The van der Waals surface area contributed by atoms with Crippen molar-refractivity contribution in [2.75, 3.05) is 20.4 Å². The molecular formula is C19H20F2IN3O3. The maximum Gasteiger partial charge on any atom is 0.387 e. The molecule has 4 rings (SSSR count). The highest BCUT2D eigenvalue weighted by Crippen LogP contribution is 2.39. The second kappa shape index (κ2) is 8.80. The van der Waals surface area contributed by atoms with Gasteiger partial charge in [-0.3, -0.25) is 4.99 Å². The molecule has 0 bridgehead atoms. The van der Waals surface area contributed by atoms with Gasteiger partial charge in [-0.05, 0) is 11.6 Å². The van der Waals surface area contributed by atoms with E-state index in [1.807, 2.05) is 42.3 Å². The number of hydrogen-bond donors (Lipinski definition) is 1. The summed E-state index contributed by atoms with van der Waals surface area (Å²) in [6.45, 7) is -1.91. The lowest BCUT2D eigenvalue weighted by Crippen LogP contribution is -2.36. The molecule has 2 heterocycles. The van der Waals surface area contributed by atoms with E-state index in [0.29, 0.717) is 36.1 Å². The van der Waals surface area contributed by atoms with Gasteiger partial charge in [0.25, 0.3) is 0 Å². The van der Waals surface area contributed by atoms with Crippen LogP contribution in [-0.4, -0.2) is 37.9 Å². The smallest absolute Gasteiger partial charge is 0.387 e. The molecule has 1 N–H and O–H groups in total. The average Bonchev–Trinajstić information content (AvgIpc) is 3.31. The highest BCUT2D eigenvalue weighted by molar-refractivity contribution is 14.0. The molecule has 0 spiro atoms. The first-order valence-corrected chi connectivity index (χ1v) is 8.54. The molecule has 1 unspecified atom stereocenters. The molecular weight excluding hydrogens is 483 g/mol. The number of guanidine groups is 1. The van der Waals surface area contributed by atoms with Gasteiger partial charge in [0.15, 0.2) is 17.5 Å². The van der Waals surface area contributed by atoms with E-state index in [4.69, 9.17) is 9.47 Å². The lowest BCUT2D eigenvalue weighted by molar-refractivity contribution is -0.0506. The summed E-state index contributed by atoms with van der Waals surface area (Å²) in [5, 5.41) is 3.37. The Kier molecular flexibility index (Phi) is 6.42. The van der Waals surface area contributed by atoms with E-state index in [9.17, 15) is 8.78 Å². The molecule has 2 aliphatic rings. The normalized spacial score (nSPS) is 17.0. The number of aliphatic imine (C=N–C) groups is 1. The minimum absolute atomic E-state index is 0. The van der Waals surface area contributed by atoms with Crippen LogP contribution in [0.1, 0.15) is 17.2 Å². The molecule has 2 aromatic rings. The SMILES string of the molecule is CN(Cc1cc2c(cc1OC(F)F)OCO2)C1=NCC(c2ccccc2)N1.I. The lowest BCUT2D eigenvalue weighted by atomic mass is 10.1. The van der Waals surface area contributed by atoms with Crippen molar-refractivity contribution in [2.45, 2.75) is 19.2 Å². The van der Waals surface area contributed by atoms with Crippen LogP contribution in [0, 0.1) is 0 Å². The van der Waals surface area contributed by atoms with Gasteiger partial charge in [-0.25, -0.2) is 0 Å². The van der Waals surface area contributed by atoms with Gasteiger partial charge in [-0.1, -0.05) is 30.3 Å². The number of nitrogens with zero attached hydrogens (tertiary/aromatic N) is 2. The number of hydrogen-bond acceptors (Lipinski definition) is 6. The van der Waals surface area contributed by atoms with Crippen molar-refractivity contribution in [2.24, 2.45) is 4.99 Å². The molecule has 28 heavy (non-hydrogen) atoms. The van der Waals surface area contributed by atoms with Crippen molar-refractivity contribution in [3.8, 4) is 17.2 Å². The number of halogens is 3. The van der Waals surface area contributed by atoms with Crippen LogP contribution in [0.3, 0.4) is 0 Å². The number of alkyl halides is 2. The number of fused-ring (bicyclic) bond motifs is 1. The van der Waals surface area contributed by atoms with Crippen molar-refractivity contribution in [3.63, 3.8) is 0 Å². The quantitative estimate of drug-likeness (QED) is 0.630. The van der Waals surface area contributed by atoms with Crippen LogP contribution >= 0.6 is 24.0 Å². The summed E-state index contributed by atoms with van der Waals surface area (Å²) in [6.07, 6.45) is 0. The summed E-state index contributed by atoms with van der Waals surface area (Å²) in [5.41, 5.74) is 1.71. The fraction of sp³-hybridized carbons (Fsp3) is 0.316. The summed E-state index contributed by atoms with van der Waals surface area (Å²) < 4.78 is 40.8. The van der Waals surface area contributed by atoms with Crippen LogP contribution in [-0.2, 0) is 6.54 Å². The van der Waals surface area contributed by atoms with Crippen LogP contribution in [0.25, 0.3) is 0 Å². The average molecular weight is 503 g/mol. The number of benzene rings is 2. The zero-order valence-corrected chi connectivity index (χ0v) is 17.4. The van der Waals surface area contributed by atoms with Gasteiger partial charge in [0.05, 0.1) is 12.6 Å². The van der Waals surface area contributed by atoms with Gasteiger partial charge >= 0.3 is 6.61 Å². The second-order valence-electron chi connectivity index (χ2n) is 6.32. The first kappa shape index (κ1) is 20.4. The van der Waals surface area contributed by atoms with Crippen molar-refractivity contribution < 1.29 is 23.0 Å². The molecule has 150 valence electrons. The molecule has 0 amide bonds. The molecule has 9 heteroatoms. The topological polar surface area (TPSA) is 55.3 Å². The fourth-order valence-electron chi connectivity index (χ4n) is 3.15. The predicted octanol–water partition coefficient (Wildman–Crippen LogP) is 3.77. The van der Waals surface area contributed by atoms with Gasteiger partial charge in [-0.2, -0.15) is 8.78 Å². The van der Waals surface area contributed by atoms with Gasteiger partial charge < -0.3 is 24.4 Å². The van der Waals surface area contributed by atoms with E-state index >= 15 is 0 Å². The molecule has 6 nitrogen and oxygen atoms in total. The molecule has 0 saturated heterocycles. The minimum Gasteiger partial charge on any atom is -0.454 e. The van der Waals surface area contributed by atoms with Crippen LogP contribution in [0.15, 0.2) is 47.5 Å². The van der Waals surface area contributed by atoms with Gasteiger partial charge in [0, 0.05) is 25.2 Å². The standard InChI is InChI=1S/C19H19F2N3O3.HI/c1-24(19-22-9-14(23-19)12-5-3-2-4-6-12)10-13-7-16-17(26-11-25-16)8-15(13)27-18(20)21;/h2-8,14,18H,9-11H2,1H3,(H,22,23);1H. The van der Waals surface area contributed by atoms with E-state index in [1.165, 1.54) is 6.07 Å². The summed E-state index contributed by atoms with van der Waals surface area (Å²) in [7, 11) is 1.84. The minimum atomic E-state index is -2.92. The Morgan fingerprint density at radius 3 is 2.64 bits per heavy atom. The Labute approximate surface area is 178 Å². The summed E-state index contributed by atoms with van der Waals surface area (Å²) >= 11 is 0. The lowest BCUT2D eigenvalue weighted by Gasteiger charge is -2.22. The summed E-state index contributed by atoms with van der Waals surface area (Å²) in [6, 6.07) is 13.2. The van der Waals surface area contributed by atoms with Crippen LogP contribution in [0.5, 0.6) is 17.2 Å². The first-order chi connectivity index (χ1) is 13.1. The highest BCUT2D eigenvalue weighted by Gasteiger charge is 2.24. The molecule has 0 aromatic heterocycles. The third kappa shape index (κ3) is 4.40.